The monoisotopic (exact) mass is 496 g/mol. The molecule has 0 radical (unpaired) electrons. The lowest BCUT2D eigenvalue weighted by atomic mass is 10.0. The lowest BCUT2D eigenvalue weighted by Crippen LogP contribution is -2.48. The van der Waals surface area contributed by atoms with Crippen molar-refractivity contribution < 1.29 is 23.5 Å². The number of rotatable bonds is 9. The Morgan fingerprint density at radius 2 is 1.94 bits per heavy atom. The van der Waals surface area contributed by atoms with Gasteiger partial charge in [-0.1, -0.05) is 25.1 Å². The summed E-state index contributed by atoms with van der Waals surface area (Å²) in [5.74, 6) is 0.247. The Morgan fingerprint density at radius 3 is 2.69 bits per heavy atom. The van der Waals surface area contributed by atoms with Gasteiger partial charge in [0, 0.05) is 23.5 Å². The van der Waals surface area contributed by atoms with Crippen molar-refractivity contribution in [2.45, 2.75) is 25.8 Å². The Bertz CT molecular complexity index is 1180. The number of fused-ring (bicyclic) bond motifs is 1. The number of hydrogen-bond acceptors (Lipinski definition) is 5. The molecule has 2 heterocycles. The maximum atomic E-state index is 13.7. The lowest BCUT2D eigenvalue weighted by molar-refractivity contribution is -0.135. The molecule has 1 aliphatic rings. The molecular formula is C27H29FN2O4S. The third kappa shape index (κ3) is 5.65. The predicted octanol–water partition coefficient (Wildman–Crippen LogP) is 4.95. The summed E-state index contributed by atoms with van der Waals surface area (Å²) in [4.78, 5) is 31.2. The van der Waals surface area contributed by atoms with Crippen LogP contribution in [0, 0.1) is 5.82 Å². The van der Waals surface area contributed by atoms with E-state index in [4.69, 9.17) is 9.47 Å². The van der Waals surface area contributed by atoms with E-state index in [0.29, 0.717) is 31.0 Å². The van der Waals surface area contributed by atoms with Crippen LogP contribution in [0.5, 0.6) is 11.5 Å². The second kappa shape index (κ2) is 11.4. The van der Waals surface area contributed by atoms with E-state index in [2.05, 4.69) is 0 Å². The Kier molecular flexibility index (Phi) is 8.02. The molecule has 2 amide bonds. The number of carbonyl (C=O) groups is 2. The van der Waals surface area contributed by atoms with Crippen molar-refractivity contribution in [3.05, 3.63) is 81.8 Å². The molecule has 0 spiro atoms. The molecule has 2 aromatic carbocycles. The number of para-hydroxylation sites is 2. The van der Waals surface area contributed by atoms with E-state index >= 15 is 0 Å². The first-order chi connectivity index (χ1) is 17.0. The molecule has 1 atom stereocenters. The number of ether oxygens (including phenoxy) is 2. The molecular weight excluding hydrogens is 467 g/mol. The van der Waals surface area contributed by atoms with Crippen LogP contribution in [0.2, 0.25) is 0 Å². The minimum atomic E-state index is -0.479. The average molecular weight is 497 g/mol. The Labute approximate surface area is 208 Å². The van der Waals surface area contributed by atoms with Crippen LogP contribution < -0.4 is 9.47 Å². The van der Waals surface area contributed by atoms with Crippen LogP contribution in [0.25, 0.3) is 0 Å². The quantitative estimate of drug-likeness (QED) is 0.421. The van der Waals surface area contributed by atoms with E-state index in [0.717, 1.165) is 12.0 Å². The van der Waals surface area contributed by atoms with Crippen molar-refractivity contribution >= 4 is 23.2 Å². The van der Waals surface area contributed by atoms with Crippen molar-refractivity contribution in [2.24, 2.45) is 0 Å². The zero-order valence-corrected chi connectivity index (χ0v) is 20.7. The van der Waals surface area contributed by atoms with Gasteiger partial charge in [0.1, 0.15) is 19.0 Å². The molecule has 0 fully saturated rings. The summed E-state index contributed by atoms with van der Waals surface area (Å²) in [7, 11) is 1.59. The average Bonchev–Trinajstić information content (AvgIpc) is 3.36. The summed E-state index contributed by atoms with van der Waals surface area (Å²) in [6, 6.07) is 14.7. The molecule has 0 bridgehead atoms. The van der Waals surface area contributed by atoms with Crippen molar-refractivity contribution in [1.29, 1.82) is 0 Å². The van der Waals surface area contributed by atoms with Gasteiger partial charge in [-0.3, -0.25) is 9.59 Å². The second-order valence-corrected chi connectivity index (χ2v) is 9.35. The summed E-state index contributed by atoms with van der Waals surface area (Å²) in [5, 5.41) is 2.03. The highest BCUT2D eigenvalue weighted by Gasteiger charge is 2.33. The van der Waals surface area contributed by atoms with Crippen LogP contribution in [-0.2, 0) is 11.2 Å². The normalized spacial score (nSPS) is 14.8. The first-order valence-corrected chi connectivity index (χ1v) is 12.6. The minimum Gasteiger partial charge on any atom is -0.493 e. The van der Waals surface area contributed by atoms with Gasteiger partial charge in [0.25, 0.3) is 5.91 Å². The molecule has 0 N–H and O–H groups in total. The molecule has 1 aliphatic heterocycles. The maximum Gasteiger partial charge on any atom is 0.254 e. The number of carbonyl (C=O) groups excluding carboxylic acids is 2. The van der Waals surface area contributed by atoms with Gasteiger partial charge in [-0.25, -0.2) is 4.39 Å². The fraction of sp³-hybridized carbons (Fsp3) is 0.333. The van der Waals surface area contributed by atoms with Crippen LogP contribution in [0.15, 0.2) is 60.0 Å². The molecule has 8 heteroatoms. The first-order valence-electron chi connectivity index (χ1n) is 11.7. The van der Waals surface area contributed by atoms with E-state index in [9.17, 15) is 14.0 Å². The number of nitrogens with zero attached hydrogens (tertiary/aromatic N) is 2. The smallest absolute Gasteiger partial charge is 0.254 e. The molecule has 4 rings (SSSR count). The first kappa shape index (κ1) is 24.7. The van der Waals surface area contributed by atoms with E-state index in [1.54, 1.807) is 29.4 Å². The van der Waals surface area contributed by atoms with Gasteiger partial charge < -0.3 is 19.3 Å². The maximum absolute atomic E-state index is 13.7. The van der Waals surface area contributed by atoms with Gasteiger partial charge >= 0.3 is 0 Å². The van der Waals surface area contributed by atoms with Gasteiger partial charge in [-0.05, 0) is 60.2 Å². The standard InChI is InChI=1S/C27H29FN2O4S/c1-3-13-29(27(32)19-7-6-8-20(28)16-19)17-26(31)30-14-11-25-21(12-15-35-25)22(30)18-34-24-10-5-4-9-23(24)33-2/h4-10,12,15-16,22H,3,11,13-14,17-18H2,1-2H3/t22-/m1/s1. The molecule has 6 nitrogen and oxygen atoms in total. The molecule has 0 unspecified atom stereocenters. The van der Waals surface area contributed by atoms with Crippen LogP contribution in [0.1, 0.15) is 40.2 Å². The number of methoxy groups -OCH3 is 1. The fourth-order valence-corrected chi connectivity index (χ4v) is 5.29. The van der Waals surface area contributed by atoms with E-state index < -0.39 is 5.82 Å². The van der Waals surface area contributed by atoms with Gasteiger partial charge in [0.15, 0.2) is 11.5 Å². The zero-order valence-electron chi connectivity index (χ0n) is 19.9. The Morgan fingerprint density at radius 1 is 1.14 bits per heavy atom. The van der Waals surface area contributed by atoms with Crippen molar-refractivity contribution in [2.75, 3.05) is 33.4 Å². The zero-order chi connectivity index (χ0) is 24.8. The third-order valence-electron chi connectivity index (χ3n) is 6.06. The second-order valence-electron chi connectivity index (χ2n) is 8.35. The molecule has 0 saturated heterocycles. The molecule has 1 aromatic heterocycles. The molecule has 3 aromatic rings. The number of thiophene rings is 1. The lowest BCUT2D eigenvalue weighted by Gasteiger charge is -2.37. The topological polar surface area (TPSA) is 59.1 Å². The van der Waals surface area contributed by atoms with Gasteiger partial charge in [0.2, 0.25) is 5.91 Å². The number of hydrogen-bond donors (Lipinski definition) is 0. The van der Waals surface area contributed by atoms with Gasteiger partial charge in [-0.15, -0.1) is 11.3 Å². The van der Waals surface area contributed by atoms with Crippen LogP contribution in [-0.4, -0.2) is 55.0 Å². The van der Waals surface area contributed by atoms with Gasteiger partial charge in [-0.2, -0.15) is 0 Å². The van der Waals surface area contributed by atoms with E-state index in [1.165, 1.54) is 28.0 Å². The van der Waals surface area contributed by atoms with Crippen molar-refractivity contribution in [1.82, 2.24) is 9.80 Å². The van der Waals surface area contributed by atoms with E-state index in [-0.39, 0.29) is 36.6 Å². The largest absolute Gasteiger partial charge is 0.493 e. The van der Waals surface area contributed by atoms with Crippen LogP contribution in [0.3, 0.4) is 0 Å². The van der Waals surface area contributed by atoms with Crippen molar-refractivity contribution in [3.63, 3.8) is 0 Å². The number of amides is 2. The van der Waals surface area contributed by atoms with Crippen LogP contribution in [0.4, 0.5) is 4.39 Å². The number of benzene rings is 2. The summed E-state index contributed by atoms with van der Waals surface area (Å²) < 4.78 is 25.2. The highest BCUT2D eigenvalue weighted by Crippen LogP contribution is 2.35. The minimum absolute atomic E-state index is 0.0756. The summed E-state index contributed by atoms with van der Waals surface area (Å²) in [6.07, 6.45) is 1.44. The van der Waals surface area contributed by atoms with Crippen molar-refractivity contribution in [3.8, 4) is 11.5 Å². The molecule has 0 aliphatic carbocycles. The van der Waals surface area contributed by atoms with E-state index in [1.807, 2.05) is 42.6 Å². The highest BCUT2D eigenvalue weighted by molar-refractivity contribution is 7.10. The summed E-state index contributed by atoms with van der Waals surface area (Å²) >= 11 is 1.68. The Balaban J connectivity index is 1.53. The number of halogens is 1. The van der Waals surface area contributed by atoms with Gasteiger partial charge in [0.05, 0.1) is 13.2 Å². The molecule has 184 valence electrons. The van der Waals surface area contributed by atoms with Crippen LogP contribution >= 0.6 is 11.3 Å². The summed E-state index contributed by atoms with van der Waals surface area (Å²) in [5.41, 5.74) is 1.31. The predicted molar refractivity (Wildman–Crippen MR) is 134 cm³/mol. The molecule has 35 heavy (non-hydrogen) atoms. The highest BCUT2D eigenvalue weighted by atomic mass is 32.1. The Hall–Kier alpha value is -3.39. The SMILES string of the molecule is CCCN(CC(=O)N1CCc2sccc2[C@H]1COc1ccccc1OC)C(=O)c1cccc(F)c1. The summed E-state index contributed by atoms with van der Waals surface area (Å²) in [6.45, 7) is 3.08. The molecule has 0 saturated carbocycles. The third-order valence-corrected chi connectivity index (χ3v) is 7.06. The fourth-order valence-electron chi connectivity index (χ4n) is 4.36.